The molecule has 8 nitrogen and oxygen atoms in total. The third-order valence-corrected chi connectivity index (χ3v) is 1.91. The van der Waals surface area contributed by atoms with Gasteiger partial charge in [0.2, 0.25) is 11.2 Å². The molecule has 2 rings (SSSR count). The average Bonchev–Trinajstić information content (AvgIpc) is 2.79. The van der Waals surface area contributed by atoms with Crippen molar-refractivity contribution in [2.24, 2.45) is 0 Å². The minimum Gasteiger partial charge on any atom is -0.464 e. The SMILES string of the molecule is CCOc1nc(Cl)nc(NCc2ncn[nH]2)n1. The minimum atomic E-state index is 0.0727. The molecule has 2 aromatic heterocycles. The van der Waals surface area contributed by atoms with Crippen molar-refractivity contribution in [3.63, 3.8) is 0 Å². The third-order valence-electron chi connectivity index (χ3n) is 1.74. The highest BCUT2D eigenvalue weighted by Gasteiger charge is 2.05. The number of aromatic nitrogens is 6. The molecule has 0 aliphatic carbocycles. The van der Waals surface area contributed by atoms with Gasteiger partial charge in [-0.15, -0.1) is 0 Å². The summed E-state index contributed by atoms with van der Waals surface area (Å²) in [5.74, 6) is 0.990. The number of hydrogen-bond donors (Lipinski definition) is 2. The number of aromatic amines is 1. The van der Waals surface area contributed by atoms with Crippen molar-refractivity contribution >= 4 is 17.5 Å². The molecule has 0 bridgehead atoms. The van der Waals surface area contributed by atoms with Crippen LogP contribution in [0.1, 0.15) is 12.7 Å². The second-order valence-corrected chi connectivity index (χ2v) is 3.27. The van der Waals surface area contributed by atoms with E-state index in [4.69, 9.17) is 16.3 Å². The van der Waals surface area contributed by atoms with Crippen LogP contribution >= 0.6 is 11.6 Å². The Kier molecular flexibility index (Phi) is 3.66. The Morgan fingerprint density at radius 3 is 3.00 bits per heavy atom. The van der Waals surface area contributed by atoms with Crippen molar-refractivity contribution in [3.05, 3.63) is 17.4 Å². The lowest BCUT2D eigenvalue weighted by Gasteiger charge is -2.05. The second-order valence-electron chi connectivity index (χ2n) is 2.93. The Balaban J connectivity index is 2.04. The zero-order valence-corrected chi connectivity index (χ0v) is 9.77. The fourth-order valence-electron chi connectivity index (χ4n) is 1.08. The lowest BCUT2D eigenvalue weighted by atomic mass is 10.6. The fourth-order valence-corrected chi connectivity index (χ4v) is 1.24. The van der Waals surface area contributed by atoms with Gasteiger partial charge in [-0.25, -0.2) is 4.98 Å². The molecular formula is C8H10ClN7O. The molecule has 2 heterocycles. The zero-order chi connectivity index (χ0) is 12.1. The predicted molar refractivity (Wildman–Crippen MR) is 59.7 cm³/mol. The topological polar surface area (TPSA) is 102 Å². The van der Waals surface area contributed by atoms with Gasteiger partial charge in [-0.2, -0.15) is 20.1 Å². The molecule has 2 N–H and O–H groups in total. The van der Waals surface area contributed by atoms with Crippen LogP contribution in [-0.2, 0) is 6.54 Å². The maximum atomic E-state index is 5.73. The van der Waals surface area contributed by atoms with Gasteiger partial charge in [-0.05, 0) is 18.5 Å². The third kappa shape index (κ3) is 3.25. The lowest BCUT2D eigenvalue weighted by molar-refractivity contribution is 0.312. The number of anilines is 1. The molecule has 0 radical (unpaired) electrons. The normalized spacial score (nSPS) is 10.2. The summed E-state index contributed by atoms with van der Waals surface area (Å²) in [6.07, 6.45) is 1.42. The lowest BCUT2D eigenvalue weighted by Crippen LogP contribution is -2.08. The monoisotopic (exact) mass is 255 g/mol. The van der Waals surface area contributed by atoms with Crippen LogP contribution in [0.3, 0.4) is 0 Å². The van der Waals surface area contributed by atoms with Crippen LogP contribution in [0.15, 0.2) is 6.33 Å². The molecule has 0 unspecified atom stereocenters. The van der Waals surface area contributed by atoms with Crippen molar-refractivity contribution in [1.29, 1.82) is 0 Å². The van der Waals surface area contributed by atoms with Crippen molar-refractivity contribution in [1.82, 2.24) is 30.1 Å². The van der Waals surface area contributed by atoms with E-state index in [0.29, 0.717) is 24.9 Å². The van der Waals surface area contributed by atoms with Crippen LogP contribution in [0.5, 0.6) is 6.01 Å². The number of halogens is 1. The summed E-state index contributed by atoms with van der Waals surface area (Å²) < 4.78 is 5.14. The number of rotatable bonds is 5. The fraction of sp³-hybridized carbons (Fsp3) is 0.375. The van der Waals surface area contributed by atoms with E-state index in [1.54, 1.807) is 0 Å². The predicted octanol–water partition coefficient (Wildman–Crippen LogP) is 0.654. The molecule has 2 aromatic rings. The molecule has 9 heteroatoms. The molecule has 0 amide bonds. The van der Waals surface area contributed by atoms with Gasteiger partial charge in [0.05, 0.1) is 13.2 Å². The van der Waals surface area contributed by atoms with Crippen LogP contribution in [-0.4, -0.2) is 36.7 Å². The van der Waals surface area contributed by atoms with Gasteiger partial charge in [0.1, 0.15) is 12.2 Å². The van der Waals surface area contributed by atoms with Crippen LogP contribution in [0, 0.1) is 0 Å². The number of H-pyrrole nitrogens is 1. The molecule has 0 spiro atoms. The summed E-state index contributed by atoms with van der Waals surface area (Å²) in [7, 11) is 0. The highest BCUT2D eigenvalue weighted by atomic mass is 35.5. The van der Waals surface area contributed by atoms with Gasteiger partial charge >= 0.3 is 6.01 Å². The van der Waals surface area contributed by atoms with Gasteiger partial charge in [0, 0.05) is 0 Å². The van der Waals surface area contributed by atoms with E-state index in [1.807, 2.05) is 6.92 Å². The molecular weight excluding hydrogens is 246 g/mol. The highest BCUT2D eigenvalue weighted by molar-refractivity contribution is 6.28. The van der Waals surface area contributed by atoms with E-state index in [9.17, 15) is 0 Å². The van der Waals surface area contributed by atoms with Crippen LogP contribution in [0.25, 0.3) is 0 Å². The smallest absolute Gasteiger partial charge is 0.322 e. The zero-order valence-electron chi connectivity index (χ0n) is 9.01. The summed E-state index contributed by atoms with van der Waals surface area (Å²) in [4.78, 5) is 15.7. The standard InChI is InChI=1S/C8H10ClN7O/c1-2-17-8-14-6(9)13-7(15-8)10-3-5-11-4-12-16-5/h4H,2-3H2,1H3,(H,11,12,16)(H,10,13,14,15). The number of nitrogens with one attached hydrogen (secondary N) is 2. The van der Waals surface area contributed by atoms with E-state index in [2.05, 4.69) is 35.5 Å². The van der Waals surface area contributed by atoms with Gasteiger partial charge in [0.15, 0.2) is 0 Å². The van der Waals surface area contributed by atoms with Crippen LogP contribution in [0.4, 0.5) is 5.95 Å². The Morgan fingerprint density at radius 1 is 1.41 bits per heavy atom. The maximum absolute atomic E-state index is 5.73. The molecule has 0 saturated heterocycles. The summed E-state index contributed by atoms with van der Waals surface area (Å²) in [5, 5.41) is 9.42. The van der Waals surface area contributed by atoms with Gasteiger partial charge < -0.3 is 10.1 Å². The molecule has 0 aromatic carbocycles. The van der Waals surface area contributed by atoms with Crippen LogP contribution < -0.4 is 10.1 Å². The second kappa shape index (κ2) is 5.39. The summed E-state index contributed by atoms with van der Waals surface area (Å²) in [5.41, 5.74) is 0. The number of nitrogens with zero attached hydrogens (tertiary/aromatic N) is 5. The molecule has 90 valence electrons. The number of ether oxygens (including phenoxy) is 1. The summed E-state index contributed by atoms with van der Waals surface area (Å²) in [6, 6.07) is 0.188. The largest absolute Gasteiger partial charge is 0.464 e. The first-order chi connectivity index (χ1) is 8.28. The molecule has 0 aliphatic rings. The van der Waals surface area contributed by atoms with E-state index in [0.717, 1.165) is 0 Å². The Bertz CT molecular complexity index is 475. The molecule has 0 aliphatic heterocycles. The van der Waals surface area contributed by atoms with Crippen molar-refractivity contribution in [3.8, 4) is 6.01 Å². The molecule has 0 saturated carbocycles. The van der Waals surface area contributed by atoms with Crippen molar-refractivity contribution in [2.75, 3.05) is 11.9 Å². The Labute approximate surface area is 102 Å². The van der Waals surface area contributed by atoms with E-state index < -0.39 is 0 Å². The van der Waals surface area contributed by atoms with E-state index >= 15 is 0 Å². The van der Waals surface area contributed by atoms with Gasteiger partial charge in [-0.1, -0.05) is 0 Å². The van der Waals surface area contributed by atoms with E-state index in [1.165, 1.54) is 6.33 Å². The highest BCUT2D eigenvalue weighted by Crippen LogP contribution is 2.11. The maximum Gasteiger partial charge on any atom is 0.322 e. The van der Waals surface area contributed by atoms with E-state index in [-0.39, 0.29) is 11.3 Å². The quantitative estimate of drug-likeness (QED) is 0.809. The van der Waals surface area contributed by atoms with Crippen molar-refractivity contribution in [2.45, 2.75) is 13.5 Å². The molecule has 17 heavy (non-hydrogen) atoms. The minimum absolute atomic E-state index is 0.0727. The van der Waals surface area contributed by atoms with Crippen molar-refractivity contribution < 1.29 is 4.74 Å². The van der Waals surface area contributed by atoms with Crippen LogP contribution in [0.2, 0.25) is 5.28 Å². The first-order valence-electron chi connectivity index (χ1n) is 4.90. The van der Waals surface area contributed by atoms with Gasteiger partial charge in [-0.3, -0.25) is 5.10 Å². The number of hydrogen-bond acceptors (Lipinski definition) is 7. The van der Waals surface area contributed by atoms with Gasteiger partial charge in [0.25, 0.3) is 0 Å². The summed E-state index contributed by atoms with van der Waals surface area (Å²) >= 11 is 5.73. The molecule has 0 atom stereocenters. The Morgan fingerprint density at radius 2 is 2.29 bits per heavy atom. The molecule has 0 fully saturated rings. The summed E-state index contributed by atoms with van der Waals surface area (Å²) in [6.45, 7) is 2.70. The Hall–Kier alpha value is -1.96. The average molecular weight is 256 g/mol. The first kappa shape index (κ1) is 11.5. The first-order valence-corrected chi connectivity index (χ1v) is 5.28.